The molecule has 2 atom stereocenters. The van der Waals surface area contributed by atoms with Gasteiger partial charge in [-0.2, -0.15) is 4.31 Å². The Kier molecular flexibility index (Phi) is 3.92. The topological polar surface area (TPSA) is 49.4 Å². The summed E-state index contributed by atoms with van der Waals surface area (Å²) in [5, 5.41) is 3.36. The van der Waals surface area contributed by atoms with Crippen molar-refractivity contribution < 1.29 is 8.42 Å². The van der Waals surface area contributed by atoms with Gasteiger partial charge in [-0.15, -0.1) is 0 Å². The van der Waals surface area contributed by atoms with Crippen LogP contribution in [0.2, 0.25) is 0 Å². The zero-order chi connectivity index (χ0) is 14.3. The highest BCUT2D eigenvalue weighted by Gasteiger charge is 2.37. The summed E-state index contributed by atoms with van der Waals surface area (Å²) in [6, 6.07) is 5.25. The van der Waals surface area contributed by atoms with E-state index in [1.54, 1.807) is 16.4 Å². The summed E-state index contributed by atoms with van der Waals surface area (Å²) in [4.78, 5) is 0.405. The summed E-state index contributed by atoms with van der Waals surface area (Å²) in [6.07, 6.45) is 0.965. The van der Waals surface area contributed by atoms with Gasteiger partial charge in [0, 0.05) is 17.6 Å². The van der Waals surface area contributed by atoms with Crippen molar-refractivity contribution in [3.8, 4) is 0 Å². The Labute approximate surface area is 128 Å². The van der Waals surface area contributed by atoms with Gasteiger partial charge in [0.25, 0.3) is 0 Å². The summed E-state index contributed by atoms with van der Waals surface area (Å²) < 4.78 is 28.1. The fourth-order valence-corrected chi connectivity index (χ4v) is 4.99. The smallest absolute Gasteiger partial charge is 0.243 e. The minimum absolute atomic E-state index is 0.405. The number of nitrogens with zero attached hydrogens (tertiary/aromatic N) is 1. The Bertz CT molecular complexity index is 618. The summed E-state index contributed by atoms with van der Waals surface area (Å²) in [6.45, 7) is 5.18. The lowest BCUT2D eigenvalue weighted by molar-refractivity contribution is 0.228. The third kappa shape index (κ3) is 2.54. The summed E-state index contributed by atoms with van der Waals surface area (Å²) in [5.41, 5.74) is 0.948. The first-order valence-electron chi connectivity index (χ1n) is 6.95. The molecule has 0 saturated carbocycles. The average Bonchev–Trinajstić information content (AvgIpc) is 2.89. The van der Waals surface area contributed by atoms with Crippen molar-refractivity contribution in [2.24, 2.45) is 11.8 Å². The van der Waals surface area contributed by atoms with Crippen LogP contribution in [0.15, 0.2) is 27.6 Å². The average molecular weight is 359 g/mol. The van der Waals surface area contributed by atoms with E-state index in [0.717, 1.165) is 29.5 Å². The molecule has 1 N–H and O–H groups in total. The first-order valence-corrected chi connectivity index (χ1v) is 9.19. The molecular formula is C14H19BrN2O2S. The first kappa shape index (κ1) is 14.5. The predicted octanol–water partition coefficient (Wildman–Crippen LogP) is 1.99. The maximum Gasteiger partial charge on any atom is 0.243 e. The van der Waals surface area contributed by atoms with Crippen LogP contribution in [0.1, 0.15) is 12.0 Å². The third-order valence-corrected chi connectivity index (χ3v) is 7.19. The van der Waals surface area contributed by atoms with Gasteiger partial charge >= 0.3 is 0 Å². The second kappa shape index (κ2) is 5.40. The van der Waals surface area contributed by atoms with Crippen molar-refractivity contribution in [3.63, 3.8) is 0 Å². The van der Waals surface area contributed by atoms with Gasteiger partial charge in [-0.05, 0) is 62.0 Å². The predicted molar refractivity (Wildman–Crippen MR) is 82.1 cm³/mol. The van der Waals surface area contributed by atoms with Crippen LogP contribution in [0, 0.1) is 18.8 Å². The Balaban J connectivity index is 1.86. The molecule has 6 heteroatoms. The van der Waals surface area contributed by atoms with E-state index in [4.69, 9.17) is 0 Å². The van der Waals surface area contributed by atoms with Gasteiger partial charge < -0.3 is 5.32 Å². The minimum Gasteiger partial charge on any atom is -0.316 e. The van der Waals surface area contributed by atoms with E-state index >= 15 is 0 Å². The Morgan fingerprint density at radius 3 is 2.80 bits per heavy atom. The van der Waals surface area contributed by atoms with Crippen LogP contribution in [0.25, 0.3) is 0 Å². The second-order valence-electron chi connectivity index (χ2n) is 5.74. The lowest BCUT2D eigenvalue weighted by Gasteiger charge is -2.33. The molecule has 110 valence electrons. The minimum atomic E-state index is -3.36. The molecule has 0 aliphatic carbocycles. The molecular weight excluding hydrogens is 340 g/mol. The summed E-state index contributed by atoms with van der Waals surface area (Å²) in [7, 11) is -3.36. The van der Waals surface area contributed by atoms with E-state index in [2.05, 4.69) is 21.2 Å². The fourth-order valence-electron chi connectivity index (χ4n) is 3.15. The van der Waals surface area contributed by atoms with E-state index in [9.17, 15) is 8.42 Å². The lowest BCUT2D eigenvalue weighted by atomic mass is 9.90. The zero-order valence-corrected chi connectivity index (χ0v) is 13.9. The number of halogens is 1. The first-order chi connectivity index (χ1) is 9.48. The summed E-state index contributed by atoms with van der Waals surface area (Å²) >= 11 is 3.41. The van der Waals surface area contributed by atoms with Crippen molar-refractivity contribution in [2.75, 3.05) is 26.2 Å². The number of fused-ring (bicyclic) bond motifs is 1. The Hall–Kier alpha value is -0.430. The molecule has 2 fully saturated rings. The monoisotopic (exact) mass is 358 g/mol. The molecule has 2 heterocycles. The quantitative estimate of drug-likeness (QED) is 0.879. The van der Waals surface area contributed by atoms with Crippen LogP contribution >= 0.6 is 15.9 Å². The van der Waals surface area contributed by atoms with Crippen molar-refractivity contribution in [1.82, 2.24) is 9.62 Å². The maximum atomic E-state index is 12.7. The van der Waals surface area contributed by atoms with Crippen molar-refractivity contribution in [3.05, 3.63) is 28.2 Å². The van der Waals surface area contributed by atoms with Crippen molar-refractivity contribution in [1.29, 1.82) is 0 Å². The van der Waals surface area contributed by atoms with E-state index in [-0.39, 0.29) is 0 Å². The molecule has 1 aromatic rings. The van der Waals surface area contributed by atoms with Crippen LogP contribution in [0.3, 0.4) is 0 Å². The molecule has 2 saturated heterocycles. The largest absolute Gasteiger partial charge is 0.316 e. The number of hydrogen-bond donors (Lipinski definition) is 1. The molecule has 1 aromatic carbocycles. The third-order valence-electron chi connectivity index (χ3n) is 4.43. The number of aryl methyl sites for hydroxylation is 1. The molecule has 4 nitrogen and oxygen atoms in total. The lowest BCUT2D eigenvalue weighted by Crippen LogP contribution is -2.43. The van der Waals surface area contributed by atoms with Crippen LogP contribution in [-0.4, -0.2) is 38.9 Å². The highest BCUT2D eigenvalue weighted by atomic mass is 79.9. The number of piperidine rings is 1. The van der Waals surface area contributed by atoms with Gasteiger partial charge in [0.05, 0.1) is 4.90 Å². The number of rotatable bonds is 2. The van der Waals surface area contributed by atoms with Crippen molar-refractivity contribution in [2.45, 2.75) is 18.2 Å². The molecule has 20 heavy (non-hydrogen) atoms. The van der Waals surface area contributed by atoms with Crippen molar-refractivity contribution >= 4 is 26.0 Å². The number of nitrogens with one attached hydrogen (secondary N) is 1. The van der Waals surface area contributed by atoms with Crippen LogP contribution in [-0.2, 0) is 10.0 Å². The number of sulfonamides is 1. The fraction of sp³-hybridized carbons (Fsp3) is 0.571. The molecule has 2 unspecified atom stereocenters. The van der Waals surface area contributed by atoms with E-state index in [1.807, 2.05) is 13.0 Å². The molecule has 0 radical (unpaired) electrons. The SMILES string of the molecule is Cc1cc(S(=O)(=O)N2CCC3CNCC3C2)ccc1Br. The van der Waals surface area contributed by atoms with Crippen LogP contribution in [0.5, 0.6) is 0 Å². The molecule has 0 spiro atoms. The molecule has 2 aliphatic heterocycles. The molecule has 0 amide bonds. The normalized spacial score (nSPS) is 27.5. The second-order valence-corrected chi connectivity index (χ2v) is 8.53. The van der Waals surface area contributed by atoms with E-state index in [0.29, 0.717) is 29.8 Å². The summed E-state index contributed by atoms with van der Waals surface area (Å²) in [5.74, 6) is 1.11. The van der Waals surface area contributed by atoms with Gasteiger partial charge in [-0.3, -0.25) is 0 Å². The molecule has 2 aliphatic rings. The van der Waals surface area contributed by atoms with Gasteiger partial charge in [0.15, 0.2) is 0 Å². The van der Waals surface area contributed by atoms with Crippen LogP contribution in [0.4, 0.5) is 0 Å². The van der Waals surface area contributed by atoms with Gasteiger partial charge in [-0.1, -0.05) is 15.9 Å². The standard InChI is InChI=1S/C14H19BrN2O2S/c1-10-6-13(2-3-14(10)15)20(18,19)17-5-4-11-7-16-8-12(11)9-17/h2-3,6,11-12,16H,4-5,7-9H2,1H3. The number of hydrogen-bond acceptors (Lipinski definition) is 3. The van der Waals surface area contributed by atoms with Gasteiger partial charge in [0.1, 0.15) is 0 Å². The highest BCUT2D eigenvalue weighted by molar-refractivity contribution is 9.10. The number of benzene rings is 1. The van der Waals surface area contributed by atoms with E-state index in [1.165, 1.54) is 0 Å². The molecule has 0 aromatic heterocycles. The Morgan fingerprint density at radius 2 is 2.05 bits per heavy atom. The molecule has 0 bridgehead atoms. The van der Waals surface area contributed by atoms with Crippen LogP contribution < -0.4 is 5.32 Å². The van der Waals surface area contributed by atoms with E-state index < -0.39 is 10.0 Å². The Morgan fingerprint density at radius 1 is 1.30 bits per heavy atom. The molecule has 3 rings (SSSR count). The van der Waals surface area contributed by atoms with Gasteiger partial charge in [0.2, 0.25) is 10.0 Å². The maximum absolute atomic E-state index is 12.7. The highest BCUT2D eigenvalue weighted by Crippen LogP contribution is 2.30. The zero-order valence-electron chi connectivity index (χ0n) is 11.5. The van der Waals surface area contributed by atoms with Gasteiger partial charge in [-0.25, -0.2) is 8.42 Å².